The lowest BCUT2D eigenvalue weighted by molar-refractivity contribution is 1.63. The summed E-state index contributed by atoms with van der Waals surface area (Å²) in [6, 6.07) is 6.17. The highest BCUT2D eigenvalue weighted by Crippen LogP contribution is 2.19. The molecule has 1 nitrogen and oxygen atoms in total. The van der Waals surface area contributed by atoms with Crippen LogP contribution in [0.3, 0.4) is 0 Å². The van der Waals surface area contributed by atoms with Crippen molar-refractivity contribution in [3.8, 4) is 0 Å². The fraction of sp³-hybridized carbons (Fsp3) is 0.333. The van der Waals surface area contributed by atoms with Gasteiger partial charge in [-0.2, -0.15) is 0 Å². The van der Waals surface area contributed by atoms with Crippen LogP contribution in [-0.2, 0) is 0 Å². The van der Waals surface area contributed by atoms with Gasteiger partial charge in [-0.15, -0.1) is 0 Å². The van der Waals surface area contributed by atoms with Gasteiger partial charge in [-0.05, 0) is 27.2 Å². The Labute approximate surface area is 83.1 Å². The first kappa shape index (κ1) is 9.80. The first-order valence-electron chi connectivity index (χ1n) is 3.97. The SMILES string of the molecule is C[Si](C)(C)c1cccc(Br)c1N. The highest BCUT2D eigenvalue weighted by molar-refractivity contribution is 9.10. The van der Waals surface area contributed by atoms with Gasteiger partial charge in [-0.3, -0.25) is 0 Å². The quantitative estimate of drug-likeness (QED) is 0.596. The molecule has 0 aromatic heterocycles. The number of hydrogen-bond donors (Lipinski definition) is 1. The molecular formula is C9H14BrNSi. The Morgan fingerprint density at radius 1 is 1.25 bits per heavy atom. The van der Waals surface area contributed by atoms with Crippen LogP contribution in [0.1, 0.15) is 0 Å². The molecule has 0 amide bonds. The molecule has 0 heterocycles. The third-order valence-electron chi connectivity index (χ3n) is 1.86. The van der Waals surface area contributed by atoms with Crippen molar-refractivity contribution in [2.75, 3.05) is 5.73 Å². The zero-order chi connectivity index (χ0) is 9.35. The molecule has 0 spiro atoms. The molecule has 2 N–H and O–H groups in total. The Morgan fingerprint density at radius 3 is 2.25 bits per heavy atom. The molecule has 0 aliphatic heterocycles. The number of hydrogen-bond acceptors (Lipinski definition) is 1. The normalized spacial score (nSPS) is 11.7. The van der Waals surface area contributed by atoms with Gasteiger partial charge < -0.3 is 5.73 Å². The number of rotatable bonds is 1. The Bertz CT molecular complexity index is 291. The average Bonchev–Trinajstić information content (AvgIpc) is 1.92. The maximum absolute atomic E-state index is 5.96. The van der Waals surface area contributed by atoms with Crippen LogP contribution in [0.25, 0.3) is 0 Å². The van der Waals surface area contributed by atoms with E-state index in [4.69, 9.17) is 5.73 Å². The Kier molecular flexibility index (Phi) is 2.63. The third-order valence-corrected chi connectivity index (χ3v) is 4.60. The molecule has 1 rings (SSSR count). The van der Waals surface area contributed by atoms with Crippen molar-refractivity contribution in [3.63, 3.8) is 0 Å². The summed E-state index contributed by atoms with van der Waals surface area (Å²) in [6.45, 7) is 6.89. The van der Waals surface area contributed by atoms with Crippen LogP contribution in [0.15, 0.2) is 22.7 Å². The van der Waals surface area contributed by atoms with Crippen LogP contribution < -0.4 is 10.9 Å². The molecule has 66 valence electrons. The van der Waals surface area contributed by atoms with Crippen molar-refractivity contribution in [3.05, 3.63) is 22.7 Å². The topological polar surface area (TPSA) is 26.0 Å². The van der Waals surface area contributed by atoms with Crippen LogP contribution >= 0.6 is 15.9 Å². The summed E-state index contributed by atoms with van der Waals surface area (Å²) in [4.78, 5) is 0. The van der Waals surface area contributed by atoms with Gasteiger partial charge in [0.1, 0.15) is 0 Å². The molecule has 0 aliphatic carbocycles. The number of para-hydroxylation sites is 1. The summed E-state index contributed by atoms with van der Waals surface area (Å²) >= 11 is 3.44. The summed E-state index contributed by atoms with van der Waals surface area (Å²) in [5.74, 6) is 0. The zero-order valence-electron chi connectivity index (χ0n) is 7.69. The largest absolute Gasteiger partial charge is 0.398 e. The summed E-state index contributed by atoms with van der Waals surface area (Å²) in [6.07, 6.45) is 0. The van der Waals surface area contributed by atoms with E-state index >= 15 is 0 Å². The minimum absolute atomic E-state index is 0.914. The highest BCUT2D eigenvalue weighted by atomic mass is 79.9. The molecule has 3 heteroatoms. The third kappa shape index (κ3) is 1.90. The molecule has 0 bridgehead atoms. The molecule has 1 aromatic carbocycles. The molecule has 0 radical (unpaired) electrons. The summed E-state index contributed by atoms with van der Waals surface area (Å²) in [5, 5.41) is 1.33. The monoisotopic (exact) mass is 243 g/mol. The number of nitrogen functional groups attached to an aromatic ring is 1. The fourth-order valence-corrected chi connectivity index (χ4v) is 3.28. The Balaban J connectivity index is 3.26. The smallest absolute Gasteiger partial charge is 0.0803 e. The van der Waals surface area contributed by atoms with Crippen LogP contribution in [0.5, 0.6) is 0 Å². The van der Waals surface area contributed by atoms with E-state index in [1.54, 1.807) is 0 Å². The van der Waals surface area contributed by atoms with Gasteiger partial charge in [-0.25, -0.2) is 0 Å². The van der Waals surface area contributed by atoms with Crippen molar-refractivity contribution in [2.24, 2.45) is 0 Å². The molecule has 0 saturated carbocycles. The van der Waals surface area contributed by atoms with Crippen LogP contribution in [0.4, 0.5) is 5.69 Å². The van der Waals surface area contributed by atoms with Gasteiger partial charge in [0.25, 0.3) is 0 Å². The van der Waals surface area contributed by atoms with Crippen molar-refractivity contribution in [2.45, 2.75) is 19.6 Å². The predicted molar refractivity (Wildman–Crippen MR) is 61.5 cm³/mol. The summed E-state index contributed by atoms with van der Waals surface area (Å²) < 4.78 is 1.02. The number of halogens is 1. The first-order chi connectivity index (χ1) is 5.43. The molecule has 1 aromatic rings. The minimum atomic E-state index is -1.26. The molecule has 0 atom stereocenters. The van der Waals surface area contributed by atoms with Crippen molar-refractivity contribution >= 4 is 34.9 Å². The number of benzene rings is 1. The van der Waals surface area contributed by atoms with E-state index < -0.39 is 8.07 Å². The lowest BCUT2D eigenvalue weighted by Crippen LogP contribution is -2.39. The first-order valence-corrected chi connectivity index (χ1v) is 8.26. The predicted octanol–water partition coefficient (Wildman–Crippen LogP) is 2.58. The Morgan fingerprint density at radius 2 is 1.83 bits per heavy atom. The standard InChI is InChI=1S/C9H14BrNSi/c1-12(2,3)8-6-4-5-7(10)9(8)11/h4-6H,11H2,1-3H3. The second-order valence-electron chi connectivity index (χ2n) is 3.95. The average molecular weight is 244 g/mol. The van der Waals surface area contributed by atoms with E-state index in [0.29, 0.717) is 0 Å². The van der Waals surface area contributed by atoms with E-state index in [0.717, 1.165) is 10.2 Å². The summed E-state index contributed by atoms with van der Waals surface area (Å²) in [5.41, 5.74) is 6.87. The fourth-order valence-electron chi connectivity index (χ4n) is 1.19. The second-order valence-corrected chi connectivity index (χ2v) is 9.84. The number of anilines is 1. The van der Waals surface area contributed by atoms with Crippen LogP contribution in [0, 0.1) is 0 Å². The molecule has 0 aliphatic rings. The van der Waals surface area contributed by atoms with E-state index in [1.807, 2.05) is 12.1 Å². The van der Waals surface area contributed by atoms with Crippen molar-refractivity contribution in [1.29, 1.82) is 0 Å². The molecule has 0 unspecified atom stereocenters. The minimum Gasteiger partial charge on any atom is -0.398 e. The molecule has 12 heavy (non-hydrogen) atoms. The van der Waals surface area contributed by atoms with Crippen LogP contribution in [0.2, 0.25) is 19.6 Å². The lowest BCUT2D eigenvalue weighted by Gasteiger charge is -2.19. The van der Waals surface area contributed by atoms with Gasteiger partial charge >= 0.3 is 0 Å². The molecule has 0 fully saturated rings. The van der Waals surface area contributed by atoms with Crippen LogP contribution in [-0.4, -0.2) is 8.07 Å². The van der Waals surface area contributed by atoms with Gasteiger partial charge in [0, 0.05) is 10.2 Å². The summed E-state index contributed by atoms with van der Waals surface area (Å²) in [7, 11) is -1.26. The van der Waals surface area contributed by atoms with Crippen molar-refractivity contribution in [1.82, 2.24) is 0 Å². The van der Waals surface area contributed by atoms with E-state index in [2.05, 4.69) is 41.6 Å². The van der Waals surface area contributed by atoms with E-state index in [-0.39, 0.29) is 0 Å². The molecule has 0 saturated heterocycles. The maximum Gasteiger partial charge on any atom is 0.0803 e. The van der Waals surface area contributed by atoms with Gasteiger partial charge in [-0.1, -0.05) is 31.8 Å². The lowest BCUT2D eigenvalue weighted by atomic mass is 10.3. The van der Waals surface area contributed by atoms with Gasteiger partial charge in [0.15, 0.2) is 0 Å². The van der Waals surface area contributed by atoms with E-state index in [9.17, 15) is 0 Å². The second kappa shape index (κ2) is 3.22. The van der Waals surface area contributed by atoms with E-state index in [1.165, 1.54) is 5.19 Å². The molecular weight excluding hydrogens is 230 g/mol. The highest BCUT2D eigenvalue weighted by Gasteiger charge is 2.19. The van der Waals surface area contributed by atoms with Gasteiger partial charge in [0.2, 0.25) is 0 Å². The number of nitrogens with two attached hydrogens (primary N) is 1. The zero-order valence-corrected chi connectivity index (χ0v) is 10.3. The van der Waals surface area contributed by atoms with Crippen molar-refractivity contribution < 1.29 is 0 Å². The van der Waals surface area contributed by atoms with Gasteiger partial charge in [0.05, 0.1) is 8.07 Å². The Hall–Kier alpha value is -0.283. The maximum atomic E-state index is 5.96.